The summed E-state index contributed by atoms with van der Waals surface area (Å²) in [5, 5.41) is 0.463. The average Bonchev–Trinajstić information content (AvgIpc) is 2.84. The standard InChI is InChI=1S/C12H12F3N3S/c1-3-18(2)11-9(12(13,14)15)17-10(19-11)8-5-4-6-16-7-8/h4-7H,3H2,1-2H3. The van der Waals surface area contributed by atoms with Crippen LogP contribution in [0.2, 0.25) is 0 Å². The largest absolute Gasteiger partial charge is 0.436 e. The highest BCUT2D eigenvalue weighted by Gasteiger charge is 2.38. The first kappa shape index (κ1) is 13.8. The third-order valence-electron chi connectivity index (χ3n) is 2.61. The number of hydrogen-bond acceptors (Lipinski definition) is 4. The summed E-state index contributed by atoms with van der Waals surface area (Å²) in [4.78, 5) is 9.17. The van der Waals surface area contributed by atoms with Crippen molar-refractivity contribution in [3.05, 3.63) is 30.2 Å². The van der Waals surface area contributed by atoms with Crippen LogP contribution < -0.4 is 4.90 Å². The molecular weight excluding hydrogens is 275 g/mol. The Morgan fingerprint density at radius 3 is 2.63 bits per heavy atom. The molecule has 0 aliphatic heterocycles. The highest BCUT2D eigenvalue weighted by Crippen LogP contribution is 2.42. The molecule has 0 aliphatic rings. The van der Waals surface area contributed by atoms with E-state index in [1.807, 2.05) is 0 Å². The molecule has 2 rings (SSSR count). The molecule has 0 saturated heterocycles. The SMILES string of the molecule is CCN(C)c1sc(-c2cccnc2)nc1C(F)(F)F. The maximum atomic E-state index is 13.0. The Morgan fingerprint density at radius 1 is 1.37 bits per heavy atom. The van der Waals surface area contributed by atoms with Crippen molar-refractivity contribution >= 4 is 16.3 Å². The zero-order valence-corrected chi connectivity index (χ0v) is 11.2. The zero-order valence-electron chi connectivity index (χ0n) is 10.4. The molecule has 0 saturated carbocycles. The molecule has 2 aromatic heterocycles. The van der Waals surface area contributed by atoms with Crippen LogP contribution in [0.3, 0.4) is 0 Å². The summed E-state index contributed by atoms with van der Waals surface area (Å²) in [6.45, 7) is 2.28. The maximum Gasteiger partial charge on any atom is 0.436 e. The van der Waals surface area contributed by atoms with E-state index < -0.39 is 11.9 Å². The lowest BCUT2D eigenvalue weighted by molar-refractivity contribution is -0.140. The third-order valence-corrected chi connectivity index (χ3v) is 3.83. The Labute approximate surface area is 112 Å². The monoisotopic (exact) mass is 287 g/mol. The van der Waals surface area contributed by atoms with Crippen molar-refractivity contribution in [2.45, 2.75) is 13.1 Å². The number of nitrogens with zero attached hydrogens (tertiary/aromatic N) is 3. The van der Waals surface area contributed by atoms with Gasteiger partial charge in [-0.15, -0.1) is 0 Å². The number of rotatable bonds is 3. The summed E-state index contributed by atoms with van der Waals surface area (Å²) < 4.78 is 38.9. The van der Waals surface area contributed by atoms with Gasteiger partial charge >= 0.3 is 6.18 Å². The number of hydrogen-bond donors (Lipinski definition) is 0. The molecule has 19 heavy (non-hydrogen) atoms. The Kier molecular flexibility index (Phi) is 3.75. The summed E-state index contributed by atoms with van der Waals surface area (Å²) in [6, 6.07) is 3.37. The van der Waals surface area contributed by atoms with E-state index in [9.17, 15) is 13.2 Å². The van der Waals surface area contributed by atoms with Crippen molar-refractivity contribution in [3.63, 3.8) is 0 Å². The molecule has 3 nitrogen and oxygen atoms in total. The molecule has 0 bridgehead atoms. The second-order valence-corrected chi connectivity index (χ2v) is 4.90. The van der Waals surface area contributed by atoms with Crippen LogP contribution in [0.4, 0.5) is 18.2 Å². The summed E-state index contributed by atoms with van der Waals surface area (Å²) in [5.41, 5.74) is -0.241. The summed E-state index contributed by atoms with van der Waals surface area (Å²) in [5.74, 6) is 0. The molecule has 0 unspecified atom stereocenters. The fourth-order valence-electron chi connectivity index (χ4n) is 1.51. The van der Waals surface area contributed by atoms with E-state index in [-0.39, 0.29) is 5.00 Å². The van der Waals surface area contributed by atoms with Crippen LogP contribution in [0.25, 0.3) is 10.6 Å². The summed E-state index contributed by atoms with van der Waals surface area (Å²) in [7, 11) is 1.62. The number of pyridine rings is 1. The van der Waals surface area contributed by atoms with Gasteiger partial charge in [0.1, 0.15) is 10.0 Å². The molecule has 0 fully saturated rings. The van der Waals surface area contributed by atoms with Crippen LogP contribution in [0.5, 0.6) is 0 Å². The second kappa shape index (κ2) is 5.16. The molecule has 2 aromatic rings. The van der Waals surface area contributed by atoms with E-state index in [1.165, 1.54) is 6.20 Å². The highest BCUT2D eigenvalue weighted by molar-refractivity contribution is 7.19. The van der Waals surface area contributed by atoms with Crippen molar-refractivity contribution in [1.29, 1.82) is 0 Å². The normalized spacial score (nSPS) is 11.6. The van der Waals surface area contributed by atoms with E-state index in [4.69, 9.17) is 0 Å². The van der Waals surface area contributed by atoms with Crippen molar-refractivity contribution in [3.8, 4) is 10.6 Å². The third kappa shape index (κ3) is 2.86. The molecular formula is C12H12F3N3S. The van der Waals surface area contributed by atoms with Gasteiger partial charge < -0.3 is 4.90 Å². The van der Waals surface area contributed by atoms with Crippen molar-refractivity contribution in [2.75, 3.05) is 18.5 Å². The Balaban J connectivity index is 2.52. The number of alkyl halides is 3. The number of anilines is 1. The molecule has 0 radical (unpaired) electrons. The minimum absolute atomic E-state index is 0.133. The Hall–Kier alpha value is -1.63. The minimum Gasteiger partial charge on any atom is -0.365 e. The van der Waals surface area contributed by atoms with Crippen LogP contribution >= 0.6 is 11.3 Å². The molecule has 0 atom stereocenters. The van der Waals surface area contributed by atoms with Gasteiger partial charge in [-0.3, -0.25) is 4.98 Å². The van der Waals surface area contributed by atoms with E-state index in [0.29, 0.717) is 17.1 Å². The van der Waals surface area contributed by atoms with Gasteiger partial charge in [-0.25, -0.2) is 4.98 Å². The fourth-order valence-corrected chi connectivity index (χ4v) is 2.61. The molecule has 0 spiro atoms. The van der Waals surface area contributed by atoms with Crippen LogP contribution in [-0.4, -0.2) is 23.6 Å². The minimum atomic E-state index is -4.45. The van der Waals surface area contributed by atoms with Crippen LogP contribution in [0, 0.1) is 0 Å². The van der Waals surface area contributed by atoms with Crippen LogP contribution in [-0.2, 0) is 6.18 Å². The van der Waals surface area contributed by atoms with E-state index in [1.54, 1.807) is 37.2 Å². The van der Waals surface area contributed by atoms with Gasteiger partial charge in [0.2, 0.25) is 0 Å². The lowest BCUT2D eigenvalue weighted by Crippen LogP contribution is -2.19. The predicted octanol–water partition coefficient (Wildman–Crippen LogP) is 3.68. The lowest BCUT2D eigenvalue weighted by Gasteiger charge is -2.16. The zero-order chi connectivity index (χ0) is 14.0. The Bertz CT molecular complexity index is 551. The first-order chi connectivity index (χ1) is 8.93. The van der Waals surface area contributed by atoms with Crippen molar-refractivity contribution in [2.24, 2.45) is 0 Å². The summed E-state index contributed by atoms with van der Waals surface area (Å²) >= 11 is 1.03. The van der Waals surface area contributed by atoms with Crippen molar-refractivity contribution in [1.82, 2.24) is 9.97 Å². The first-order valence-corrected chi connectivity index (χ1v) is 6.44. The van der Waals surface area contributed by atoms with Crippen LogP contribution in [0.15, 0.2) is 24.5 Å². The van der Waals surface area contributed by atoms with Gasteiger partial charge in [-0.1, -0.05) is 11.3 Å². The van der Waals surface area contributed by atoms with E-state index in [2.05, 4.69) is 9.97 Å². The topological polar surface area (TPSA) is 29.0 Å². The van der Waals surface area contributed by atoms with Gasteiger partial charge in [0.05, 0.1) is 0 Å². The molecule has 0 N–H and O–H groups in total. The second-order valence-electron chi connectivity index (χ2n) is 3.93. The molecule has 102 valence electrons. The predicted molar refractivity (Wildman–Crippen MR) is 69.3 cm³/mol. The fraction of sp³-hybridized carbons (Fsp3) is 0.333. The summed E-state index contributed by atoms with van der Waals surface area (Å²) in [6.07, 6.45) is -1.37. The van der Waals surface area contributed by atoms with E-state index >= 15 is 0 Å². The smallest absolute Gasteiger partial charge is 0.365 e. The molecule has 2 heterocycles. The highest BCUT2D eigenvalue weighted by atomic mass is 32.1. The number of thiazole rings is 1. The van der Waals surface area contributed by atoms with Gasteiger partial charge in [-0.05, 0) is 19.1 Å². The maximum absolute atomic E-state index is 13.0. The average molecular weight is 287 g/mol. The number of aromatic nitrogens is 2. The van der Waals surface area contributed by atoms with Crippen molar-refractivity contribution < 1.29 is 13.2 Å². The first-order valence-electron chi connectivity index (χ1n) is 5.63. The van der Waals surface area contributed by atoms with E-state index in [0.717, 1.165) is 11.3 Å². The van der Waals surface area contributed by atoms with Gasteiger partial charge in [0, 0.05) is 31.5 Å². The Morgan fingerprint density at radius 2 is 2.11 bits per heavy atom. The molecule has 0 amide bonds. The van der Waals surface area contributed by atoms with Gasteiger partial charge in [0.25, 0.3) is 0 Å². The van der Waals surface area contributed by atoms with Gasteiger partial charge in [0.15, 0.2) is 5.69 Å². The lowest BCUT2D eigenvalue weighted by atomic mass is 10.3. The van der Waals surface area contributed by atoms with Gasteiger partial charge in [-0.2, -0.15) is 13.2 Å². The molecule has 7 heteroatoms. The quantitative estimate of drug-likeness (QED) is 0.862. The molecule has 0 aliphatic carbocycles. The molecule has 0 aromatic carbocycles. The van der Waals surface area contributed by atoms with Crippen LogP contribution in [0.1, 0.15) is 12.6 Å². The number of halogens is 3.